The smallest absolute Gasteiger partial charge is 0.0834 e. The fourth-order valence-electron chi connectivity index (χ4n) is 1.47. The monoisotopic (exact) mass is 178 g/mol. The third kappa shape index (κ3) is 1.01. The van der Waals surface area contributed by atoms with Crippen LogP contribution in [0.15, 0.2) is 24.5 Å². The van der Waals surface area contributed by atoms with Crippen LogP contribution in [0.25, 0.3) is 0 Å². The lowest BCUT2D eigenvalue weighted by atomic mass is 9.97. The summed E-state index contributed by atoms with van der Waals surface area (Å²) < 4.78 is 0. The van der Waals surface area contributed by atoms with E-state index in [1.54, 1.807) is 12.4 Å². The Balaban J connectivity index is 2.37. The zero-order chi connectivity index (χ0) is 8.60. The molecule has 1 fully saturated rings. The average Bonchev–Trinajstić information content (AvgIpc) is 2.86. The van der Waals surface area contributed by atoms with Crippen molar-refractivity contribution in [2.45, 2.75) is 18.3 Å². The van der Waals surface area contributed by atoms with Crippen molar-refractivity contribution in [1.29, 1.82) is 0 Å². The summed E-state index contributed by atoms with van der Waals surface area (Å²) >= 11 is 5.03. The number of rotatable bonds is 2. The zero-order valence-electron chi connectivity index (χ0n) is 6.66. The van der Waals surface area contributed by atoms with Gasteiger partial charge in [-0.1, -0.05) is 12.2 Å². The molecule has 62 valence electrons. The molecule has 0 atom stereocenters. The molecule has 2 N–H and O–H groups in total. The van der Waals surface area contributed by atoms with Gasteiger partial charge in [-0.25, -0.2) is 0 Å². The van der Waals surface area contributed by atoms with Gasteiger partial charge in [-0.15, -0.1) is 0 Å². The first kappa shape index (κ1) is 7.68. The van der Waals surface area contributed by atoms with Crippen LogP contribution in [0, 0.1) is 0 Å². The maximum Gasteiger partial charge on any atom is 0.0834 e. The van der Waals surface area contributed by atoms with Gasteiger partial charge < -0.3 is 5.73 Å². The van der Waals surface area contributed by atoms with E-state index >= 15 is 0 Å². The molecule has 0 amide bonds. The van der Waals surface area contributed by atoms with Crippen LogP contribution in [-0.2, 0) is 5.41 Å². The fourth-order valence-corrected chi connectivity index (χ4v) is 1.80. The molecule has 0 unspecified atom stereocenters. The van der Waals surface area contributed by atoms with Gasteiger partial charge in [-0.2, -0.15) is 0 Å². The topological polar surface area (TPSA) is 38.9 Å². The lowest BCUT2D eigenvalue weighted by molar-refractivity contribution is 0.948. The minimum Gasteiger partial charge on any atom is -0.393 e. The first-order valence-electron chi connectivity index (χ1n) is 3.96. The summed E-state index contributed by atoms with van der Waals surface area (Å²) in [6.45, 7) is 0. The van der Waals surface area contributed by atoms with E-state index in [0.717, 1.165) is 12.8 Å². The first-order valence-corrected chi connectivity index (χ1v) is 4.37. The van der Waals surface area contributed by atoms with Crippen LogP contribution in [0.2, 0.25) is 0 Å². The molecule has 1 aromatic rings. The highest BCUT2D eigenvalue weighted by Crippen LogP contribution is 2.48. The van der Waals surface area contributed by atoms with Crippen LogP contribution in [-0.4, -0.2) is 9.97 Å². The molecule has 3 heteroatoms. The van der Waals surface area contributed by atoms with Gasteiger partial charge in [0.25, 0.3) is 0 Å². The second-order valence-electron chi connectivity index (χ2n) is 3.18. The van der Waals surface area contributed by atoms with E-state index in [1.807, 2.05) is 12.1 Å². The summed E-state index contributed by atoms with van der Waals surface area (Å²) in [5, 5.41) is 0. The Morgan fingerprint density at radius 1 is 1.42 bits per heavy atom. The lowest BCUT2D eigenvalue weighted by Crippen LogP contribution is -2.26. The molecule has 1 aliphatic carbocycles. The SMILES string of the molecule is NC(=S)C1(c2ccncc2)CC1. The maximum absolute atomic E-state index is 5.68. The van der Waals surface area contributed by atoms with Crippen LogP contribution >= 0.6 is 12.2 Å². The summed E-state index contributed by atoms with van der Waals surface area (Å²) in [4.78, 5) is 4.58. The Labute approximate surface area is 76.8 Å². The summed E-state index contributed by atoms with van der Waals surface area (Å²) in [6, 6.07) is 3.98. The van der Waals surface area contributed by atoms with Crippen LogP contribution < -0.4 is 5.73 Å². The summed E-state index contributed by atoms with van der Waals surface area (Å²) in [6.07, 6.45) is 5.75. The molecule has 12 heavy (non-hydrogen) atoms. The van der Waals surface area contributed by atoms with E-state index in [4.69, 9.17) is 18.0 Å². The van der Waals surface area contributed by atoms with E-state index in [9.17, 15) is 0 Å². The summed E-state index contributed by atoms with van der Waals surface area (Å²) in [5.74, 6) is 0. The Morgan fingerprint density at radius 2 is 2.00 bits per heavy atom. The van der Waals surface area contributed by atoms with Crippen molar-refractivity contribution in [3.63, 3.8) is 0 Å². The predicted octanol–water partition coefficient (Wildman–Crippen LogP) is 1.40. The Kier molecular flexibility index (Phi) is 1.61. The van der Waals surface area contributed by atoms with Gasteiger partial charge in [0, 0.05) is 17.8 Å². The average molecular weight is 178 g/mol. The molecular formula is C9H10N2S. The van der Waals surface area contributed by atoms with E-state index in [0.29, 0.717) is 4.99 Å². The van der Waals surface area contributed by atoms with Gasteiger partial charge in [-0.05, 0) is 30.5 Å². The lowest BCUT2D eigenvalue weighted by Gasteiger charge is -2.12. The fraction of sp³-hybridized carbons (Fsp3) is 0.333. The summed E-state index contributed by atoms with van der Waals surface area (Å²) in [5.41, 5.74) is 6.90. The molecule has 0 aromatic carbocycles. The van der Waals surface area contributed by atoms with Gasteiger partial charge in [0.1, 0.15) is 0 Å². The van der Waals surface area contributed by atoms with Crippen molar-refractivity contribution >= 4 is 17.2 Å². The van der Waals surface area contributed by atoms with Gasteiger partial charge in [0.2, 0.25) is 0 Å². The standard InChI is InChI=1S/C9H10N2S/c10-8(12)9(3-4-9)7-1-5-11-6-2-7/h1-2,5-6H,3-4H2,(H2,10,12). The minimum absolute atomic E-state index is 0.0122. The van der Waals surface area contributed by atoms with Crippen LogP contribution in [0.4, 0.5) is 0 Å². The number of aromatic nitrogens is 1. The van der Waals surface area contributed by atoms with Crippen molar-refractivity contribution < 1.29 is 0 Å². The third-order valence-electron chi connectivity index (χ3n) is 2.45. The quantitative estimate of drug-likeness (QED) is 0.696. The molecule has 0 radical (unpaired) electrons. The molecular weight excluding hydrogens is 168 g/mol. The van der Waals surface area contributed by atoms with E-state index in [1.165, 1.54) is 5.56 Å². The number of hydrogen-bond donors (Lipinski definition) is 1. The van der Waals surface area contributed by atoms with Crippen LogP contribution in [0.1, 0.15) is 18.4 Å². The highest BCUT2D eigenvalue weighted by molar-refractivity contribution is 7.80. The predicted molar refractivity (Wildman–Crippen MR) is 51.9 cm³/mol. The van der Waals surface area contributed by atoms with E-state index in [2.05, 4.69) is 4.98 Å². The molecule has 2 nitrogen and oxygen atoms in total. The van der Waals surface area contributed by atoms with Crippen molar-refractivity contribution in [3.8, 4) is 0 Å². The second kappa shape index (κ2) is 2.52. The van der Waals surface area contributed by atoms with E-state index in [-0.39, 0.29) is 5.41 Å². The normalized spacial score (nSPS) is 18.7. The molecule has 2 rings (SSSR count). The molecule has 1 heterocycles. The first-order chi connectivity index (χ1) is 5.76. The van der Waals surface area contributed by atoms with Crippen molar-refractivity contribution in [3.05, 3.63) is 30.1 Å². The van der Waals surface area contributed by atoms with Crippen molar-refractivity contribution in [1.82, 2.24) is 4.98 Å². The van der Waals surface area contributed by atoms with Gasteiger partial charge in [0.15, 0.2) is 0 Å². The van der Waals surface area contributed by atoms with Crippen LogP contribution in [0.5, 0.6) is 0 Å². The number of nitrogens with zero attached hydrogens (tertiary/aromatic N) is 1. The molecule has 1 aliphatic rings. The zero-order valence-corrected chi connectivity index (χ0v) is 7.47. The summed E-state index contributed by atoms with van der Waals surface area (Å²) in [7, 11) is 0. The molecule has 1 saturated carbocycles. The Morgan fingerprint density at radius 3 is 2.42 bits per heavy atom. The largest absolute Gasteiger partial charge is 0.393 e. The Bertz CT molecular complexity index is 304. The maximum atomic E-state index is 5.68. The highest BCUT2D eigenvalue weighted by atomic mass is 32.1. The van der Waals surface area contributed by atoms with Crippen molar-refractivity contribution in [2.24, 2.45) is 5.73 Å². The third-order valence-corrected chi connectivity index (χ3v) is 2.85. The molecule has 1 aromatic heterocycles. The minimum atomic E-state index is 0.0122. The van der Waals surface area contributed by atoms with Gasteiger partial charge in [0.05, 0.1) is 4.99 Å². The van der Waals surface area contributed by atoms with E-state index < -0.39 is 0 Å². The number of pyridine rings is 1. The molecule has 0 saturated heterocycles. The number of thiocarbonyl (C=S) groups is 1. The Hall–Kier alpha value is -0.960. The van der Waals surface area contributed by atoms with Gasteiger partial charge in [-0.3, -0.25) is 4.98 Å². The second-order valence-corrected chi connectivity index (χ2v) is 3.62. The number of hydrogen-bond acceptors (Lipinski definition) is 2. The highest BCUT2D eigenvalue weighted by Gasteiger charge is 2.47. The number of nitrogens with two attached hydrogens (primary N) is 1. The molecule has 0 spiro atoms. The van der Waals surface area contributed by atoms with Crippen LogP contribution in [0.3, 0.4) is 0 Å². The van der Waals surface area contributed by atoms with Crippen molar-refractivity contribution in [2.75, 3.05) is 0 Å². The van der Waals surface area contributed by atoms with Gasteiger partial charge >= 0.3 is 0 Å². The molecule has 0 bridgehead atoms. The molecule has 0 aliphatic heterocycles.